The highest BCUT2D eigenvalue weighted by atomic mass is 79.9. The van der Waals surface area contributed by atoms with Crippen LogP contribution in [-0.4, -0.2) is 16.0 Å². The van der Waals surface area contributed by atoms with Gasteiger partial charge >= 0.3 is 0 Å². The first-order chi connectivity index (χ1) is 8.06. The largest absolute Gasteiger partial charge is 0.416 e. The number of hydrogen-bond donors (Lipinski definition) is 2. The third-order valence-electron chi connectivity index (χ3n) is 1.94. The van der Waals surface area contributed by atoms with Crippen LogP contribution in [0.2, 0.25) is 0 Å². The molecular formula is C10H9BrN4OS. The second kappa shape index (κ2) is 4.89. The second-order valence-electron chi connectivity index (χ2n) is 3.24. The van der Waals surface area contributed by atoms with Crippen molar-refractivity contribution in [2.45, 2.75) is 17.0 Å². The Bertz CT molecular complexity index is 569. The van der Waals surface area contributed by atoms with Crippen molar-refractivity contribution < 1.29 is 4.42 Å². The van der Waals surface area contributed by atoms with Crippen LogP contribution in [0.15, 0.2) is 37.2 Å². The van der Waals surface area contributed by atoms with Crippen molar-refractivity contribution in [3.8, 4) is 0 Å². The molecule has 0 saturated carbocycles. The number of aromatic nitrogens is 2. The summed E-state index contributed by atoms with van der Waals surface area (Å²) in [4.78, 5) is 0.810. The second-order valence-corrected chi connectivity index (χ2v) is 5.15. The maximum absolute atomic E-state index is 7.52. The number of amidine groups is 1. The fraction of sp³-hybridized carbons (Fsp3) is 0.100. The first-order valence-electron chi connectivity index (χ1n) is 4.68. The maximum Gasteiger partial charge on any atom is 0.281 e. The van der Waals surface area contributed by atoms with E-state index in [1.54, 1.807) is 13.0 Å². The Kier molecular flexibility index (Phi) is 3.49. The highest BCUT2D eigenvalue weighted by Crippen LogP contribution is 2.30. The number of hydrogen-bond acceptors (Lipinski definition) is 5. The SMILES string of the molecule is Cc1nnc(Sc2ccc(Br)cc2C(=N)N)o1. The van der Waals surface area contributed by atoms with E-state index in [2.05, 4.69) is 26.1 Å². The molecule has 17 heavy (non-hydrogen) atoms. The van der Waals surface area contributed by atoms with Gasteiger partial charge in [0.1, 0.15) is 5.84 Å². The highest BCUT2D eigenvalue weighted by molar-refractivity contribution is 9.10. The molecule has 88 valence electrons. The van der Waals surface area contributed by atoms with Crippen LogP contribution in [-0.2, 0) is 0 Å². The average Bonchev–Trinajstić information content (AvgIpc) is 2.66. The Labute approximate surface area is 110 Å². The summed E-state index contributed by atoms with van der Waals surface area (Å²) in [5.41, 5.74) is 6.16. The quantitative estimate of drug-likeness (QED) is 0.671. The third kappa shape index (κ3) is 2.86. The van der Waals surface area contributed by atoms with E-state index < -0.39 is 0 Å². The fourth-order valence-electron chi connectivity index (χ4n) is 1.22. The minimum Gasteiger partial charge on any atom is -0.416 e. The molecule has 2 aromatic rings. The number of aryl methyl sites for hydroxylation is 1. The van der Waals surface area contributed by atoms with Crippen LogP contribution < -0.4 is 5.73 Å². The van der Waals surface area contributed by atoms with Gasteiger partial charge in [0.05, 0.1) is 0 Å². The molecule has 1 aromatic heterocycles. The lowest BCUT2D eigenvalue weighted by Gasteiger charge is -2.05. The molecule has 0 fully saturated rings. The summed E-state index contributed by atoms with van der Waals surface area (Å²) in [5.74, 6) is 0.513. The summed E-state index contributed by atoms with van der Waals surface area (Å²) in [7, 11) is 0. The fourth-order valence-corrected chi connectivity index (χ4v) is 2.42. The molecule has 0 spiro atoms. The smallest absolute Gasteiger partial charge is 0.281 e. The van der Waals surface area contributed by atoms with Crippen LogP contribution in [0.1, 0.15) is 11.5 Å². The van der Waals surface area contributed by atoms with E-state index in [1.165, 1.54) is 11.8 Å². The topological polar surface area (TPSA) is 88.8 Å². The van der Waals surface area contributed by atoms with Crippen molar-refractivity contribution in [3.63, 3.8) is 0 Å². The molecule has 7 heteroatoms. The highest BCUT2D eigenvalue weighted by Gasteiger charge is 2.11. The van der Waals surface area contributed by atoms with Crippen molar-refractivity contribution >= 4 is 33.5 Å². The third-order valence-corrected chi connectivity index (χ3v) is 3.35. The summed E-state index contributed by atoms with van der Waals surface area (Å²) in [6.07, 6.45) is 0. The van der Waals surface area contributed by atoms with Crippen LogP contribution in [0.25, 0.3) is 0 Å². The molecular weight excluding hydrogens is 304 g/mol. The van der Waals surface area contributed by atoms with Crippen LogP contribution >= 0.6 is 27.7 Å². The van der Waals surface area contributed by atoms with Crippen LogP contribution in [0.5, 0.6) is 0 Å². The molecule has 3 N–H and O–H groups in total. The lowest BCUT2D eigenvalue weighted by Crippen LogP contribution is -2.12. The van der Waals surface area contributed by atoms with E-state index in [-0.39, 0.29) is 5.84 Å². The van der Waals surface area contributed by atoms with Gasteiger partial charge in [-0.2, -0.15) is 0 Å². The first-order valence-corrected chi connectivity index (χ1v) is 6.29. The summed E-state index contributed by atoms with van der Waals surface area (Å²) in [5, 5.41) is 15.6. The zero-order valence-corrected chi connectivity index (χ0v) is 11.3. The number of benzene rings is 1. The normalized spacial score (nSPS) is 10.5. The molecule has 1 heterocycles. The Morgan fingerprint density at radius 2 is 2.24 bits per heavy atom. The molecule has 2 rings (SSSR count). The molecule has 0 aliphatic carbocycles. The first kappa shape index (κ1) is 12.1. The van der Waals surface area contributed by atoms with Gasteiger partial charge in [0.25, 0.3) is 5.22 Å². The molecule has 0 amide bonds. The molecule has 0 bridgehead atoms. The van der Waals surface area contributed by atoms with Crippen LogP contribution in [0, 0.1) is 12.3 Å². The summed E-state index contributed by atoms with van der Waals surface area (Å²) in [6, 6.07) is 5.51. The van der Waals surface area contributed by atoms with E-state index >= 15 is 0 Å². The predicted molar refractivity (Wildman–Crippen MR) is 68.3 cm³/mol. The molecule has 0 saturated heterocycles. The number of nitrogens with zero attached hydrogens (tertiary/aromatic N) is 2. The van der Waals surface area contributed by atoms with Crippen molar-refractivity contribution in [1.82, 2.24) is 10.2 Å². The van der Waals surface area contributed by atoms with Crippen molar-refractivity contribution in [2.75, 3.05) is 0 Å². The molecule has 0 atom stereocenters. The number of halogens is 1. The van der Waals surface area contributed by atoms with E-state index in [0.29, 0.717) is 16.7 Å². The Hall–Kier alpha value is -1.34. The molecule has 1 aromatic carbocycles. The minimum atomic E-state index is 0.00466. The average molecular weight is 313 g/mol. The Morgan fingerprint density at radius 3 is 2.82 bits per heavy atom. The van der Waals surface area contributed by atoms with Gasteiger partial charge in [0.15, 0.2) is 0 Å². The molecule has 0 radical (unpaired) electrons. The minimum absolute atomic E-state index is 0.00466. The van der Waals surface area contributed by atoms with E-state index in [9.17, 15) is 0 Å². The van der Waals surface area contributed by atoms with Gasteiger partial charge in [-0.25, -0.2) is 0 Å². The van der Waals surface area contributed by atoms with Gasteiger partial charge in [0.2, 0.25) is 5.89 Å². The van der Waals surface area contributed by atoms with Crippen LogP contribution in [0.3, 0.4) is 0 Å². The summed E-state index contributed by atoms with van der Waals surface area (Å²) < 4.78 is 6.14. The monoisotopic (exact) mass is 312 g/mol. The zero-order chi connectivity index (χ0) is 12.4. The number of nitrogens with one attached hydrogen (secondary N) is 1. The number of nitrogens with two attached hydrogens (primary N) is 1. The Balaban J connectivity index is 2.35. The van der Waals surface area contributed by atoms with Crippen molar-refractivity contribution in [1.29, 1.82) is 5.41 Å². The van der Waals surface area contributed by atoms with Crippen LogP contribution in [0.4, 0.5) is 0 Å². The van der Waals surface area contributed by atoms with Gasteiger partial charge in [0, 0.05) is 21.9 Å². The van der Waals surface area contributed by atoms with Gasteiger partial charge in [-0.1, -0.05) is 15.9 Å². The van der Waals surface area contributed by atoms with E-state index in [0.717, 1.165) is 9.37 Å². The summed E-state index contributed by atoms with van der Waals surface area (Å²) in [6.45, 7) is 1.73. The van der Waals surface area contributed by atoms with E-state index in [4.69, 9.17) is 15.6 Å². The molecule has 0 aliphatic rings. The van der Waals surface area contributed by atoms with Gasteiger partial charge in [-0.05, 0) is 30.0 Å². The van der Waals surface area contributed by atoms with Gasteiger partial charge in [-0.15, -0.1) is 10.2 Å². The maximum atomic E-state index is 7.52. The lowest BCUT2D eigenvalue weighted by atomic mass is 10.2. The Morgan fingerprint density at radius 1 is 1.47 bits per heavy atom. The predicted octanol–water partition coefficient (Wildman–Crippen LogP) is 2.58. The van der Waals surface area contributed by atoms with Gasteiger partial charge < -0.3 is 10.2 Å². The zero-order valence-electron chi connectivity index (χ0n) is 8.90. The standard InChI is InChI=1S/C10H9BrN4OS/c1-5-14-15-10(16-5)17-8-3-2-6(11)4-7(8)9(12)13/h2-4H,1H3,(H3,12,13). The van der Waals surface area contributed by atoms with Crippen molar-refractivity contribution in [2.24, 2.45) is 5.73 Å². The van der Waals surface area contributed by atoms with E-state index in [1.807, 2.05) is 12.1 Å². The number of rotatable bonds is 3. The molecule has 0 unspecified atom stereocenters. The number of nitrogen functional groups attached to an aromatic ring is 1. The summed E-state index contributed by atoms with van der Waals surface area (Å²) >= 11 is 4.63. The lowest BCUT2D eigenvalue weighted by molar-refractivity contribution is 0.429. The van der Waals surface area contributed by atoms with Gasteiger partial charge in [-0.3, -0.25) is 5.41 Å². The molecule has 5 nitrogen and oxygen atoms in total. The van der Waals surface area contributed by atoms with Crippen molar-refractivity contribution in [3.05, 3.63) is 34.1 Å². The molecule has 0 aliphatic heterocycles.